The standard InChI is InChI=1S/C12H13BrN2O2/c13-10-4-3-9(12(8-10)15(16)17)2-1-7-14-11-5-6-11/h1-4,8,11,14H,5-7H2/b2-1+. The Bertz CT molecular complexity index is 456. The van der Waals surface area contributed by atoms with Crippen LogP contribution in [0.1, 0.15) is 18.4 Å². The van der Waals surface area contributed by atoms with Crippen molar-refractivity contribution in [1.82, 2.24) is 5.32 Å². The lowest BCUT2D eigenvalue weighted by molar-refractivity contribution is -0.385. The first-order valence-electron chi connectivity index (χ1n) is 5.50. The monoisotopic (exact) mass is 296 g/mol. The Balaban J connectivity index is 2.04. The molecule has 0 unspecified atom stereocenters. The SMILES string of the molecule is O=[N+]([O-])c1cc(Br)ccc1/C=C/CNC1CC1. The summed E-state index contributed by atoms with van der Waals surface area (Å²) in [4.78, 5) is 10.5. The molecule has 0 bridgehead atoms. The minimum absolute atomic E-state index is 0.127. The fraction of sp³-hybridized carbons (Fsp3) is 0.333. The van der Waals surface area contributed by atoms with E-state index >= 15 is 0 Å². The maximum Gasteiger partial charge on any atom is 0.277 e. The van der Waals surface area contributed by atoms with Gasteiger partial charge in [-0.3, -0.25) is 10.1 Å². The third-order valence-corrected chi connectivity index (χ3v) is 3.08. The van der Waals surface area contributed by atoms with Crippen molar-refractivity contribution in [3.8, 4) is 0 Å². The summed E-state index contributed by atoms with van der Waals surface area (Å²) in [5.41, 5.74) is 0.762. The lowest BCUT2D eigenvalue weighted by Gasteiger charge is -1.99. The summed E-state index contributed by atoms with van der Waals surface area (Å²) in [5.74, 6) is 0. The molecule has 1 saturated carbocycles. The van der Waals surface area contributed by atoms with Crippen molar-refractivity contribution in [2.24, 2.45) is 0 Å². The van der Waals surface area contributed by atoms with E-state index < -0.39 is 0 Å². The molecule has 5 heteroatoms. The predicted octanol–water partition coefficient (Wildman–Crippen LogP) is 3.12. The highest BCUT2D eigenvalue weighted by atomic mass is 79.9. The largest absolute Gasteiger partial charge is 0.311 e. The van der Waals surface area contributed by atoms with E-state index in [0.717, 1.165) is 11.0 Å². The third-order valence-electron chi connectivity index (χ3n) is 2.59. The average Bonchev–Trinajstić information content (AvgIpc) is 3.09. The summed E-state index contributed by atoms with van der Waals surface area (Å²) >= 11 is 3.23. The Morgan fingerprint density at radius 2 is 2.29 bits per heavy atom. The fourth-order valence-electron chi connectivity index (χ4n) is 1.52. The zero-order valence-electron chi connectivity index (χ0n) is 9.23. The molecule has 0 amide bonds. The summed E-state index contributed by atoms with van der Waals surface area (Å²) in [6.07, 6.45) is 6.20. The van der Waals surface area contributed by atoms with Gasteiger partial charge in [-0.15, -0.1) is 0 Å². The van der Waals surface area contributed by atoms with Crippen LogP contribution in [0.3, 0.4) is 0 Å². The molecule has 0 spiro atoms. The van der Waals surface area contributed by atoms with E-state index in [2.05, 4.69) is 21.2 Å². The first-order valence-corrected chi connectivity index (χ1v) is 6.30. The molecule has 1 aromatic rings. The molecule has 1 N–H and O–H groups in total. The molecular formula is C12H13BrN2O2. The Morgan fingerprint density at radius 1 is 1.53 bits per heavy atom. The lowest BCUT2D eigenvalue weighted by Crippen LogP contribution is -2.15. The van der Waals surface area contributed by atoms with Crippen molar-refractivity contribution in [2.45, 2.75) is 18.9 Å². The number of hydrogen-bond acceptors (Lipinski definition) is 3. The lowest BCUT2D eigenvalue weighted by atomic mass is 10.1. The van der Waals surface area contributed by atoms with Gasteiger partial charge in [0.1, 0.15) is 0 Å². The van der Waals surface area contributed by atoms with Crippen LogP contribution >= 0.6 is 15.9 Å². The number of hydrogen-bond donors (Lipinski definition) is 1. The highest BCUT2D eigenvalue weighted by Gasteiger charge is 2.19. The number of nitrogens with zero attached hydrogens (tertiary/aromatic N) is 1. The molecule has 0 atom stereocenters. The van der Waals surface area contributed by atoms with Crippen molar-refractivity contribution in [3.05, 3.63) is 44.4 Å². The molecule has 2 rings (SSSR count). The van der Waals surface area contributed by atoms with Crippen molar-refractivity contribution in [3.63, 3.8) is 0 Å². The van der Waals surface area contributed by atoms with Crippen LogP contribution in [-0.4, -0.2) is 17.5 Å². The van der Waals surface area contributed by atoms with Gasteiger partial charge in [0.2, 0.25) is 0 Å². The van der Waals surface area contributed by atoms with E-state index in [-0.39, 0.29) is 10.6 Å². The van der Waals surface area contributed by atoms with Crippen LogP contribution in [-0.2, 0) is 0 Å². The zero-order valence-corrected chi connectivity index (χ0v) is 10.8. The van der Waals surface area contributed by atoms with Crippen LogP contribution in [0.15, 0.2) is 28.7 Å². The second kappa shape index (κ2) is 5.42. The number of rotatable bonds is 5. The van der Waals surface area contributed by atoms with E-state index in [1.165, 1.54) is 18.9 Å². The highest BCUT2D eigenvalue weighted by molar-refractivity contribution is 9.10. The number of nitrogens with one attached hydrogen (secondary N) is 1. The number of nitro benzene ring substituents is 1. The molecule has 4 nitrogen and oxygen atoms in total. The summed E-state index contributed by atoms with van der Waals surface area (Å²) < 4.78 is 0.720. The van der Waals surface area contributed by atoms with Crippen LogP contribution in [0.25, 0.3) is 6.08 Å². The second-order valence-corrected chi connectivity index (χ2v) is 4.96. The Kier molecular flexibility index (Phi) is 3.91. The number of halogens is 1. The van der Waals surface area contributed by atoms with Gasteiger partial charge >= 0.3 is 0 Å². The Morgan fingerprint density at radius 3 is 2.94 bits per heavy atom. The van der Waals surface area contributed by atoms with Gasteiger partial charge in [0.15, 0.2) is 0 Å². The van der Waals surface area contributed by atoms with Gasteiger partial charge in [-0.25, -0.2) is 0 Å². The van der Waals surface area contributed by atoms with Crippen molar-refractivity contribution < 1.29 is 4.92 Å². The van der Waals surface area contributed by atoms with Crippen LogP contribution in [0.5, 0.6) is 0 Å². The quantitative estimate of drug-likeness (QED) is 0.671. The molecule has 1 fully saturated rings. The average molecular weight is 297 g/mol. The van der Waals surface area contributed by atoms with Gasteiger partial charge < -0.3 is 5.32 Å². The van der Waals surface area contributed by atoms with Crippen LogP contribution in [0.4, 0.5) is 5.69 Å². The highest BCUT2D eigenvalue weighted by Crippen LogP contribution is 2.24. The molecule has 1 aliphatic carbocycles. The molecule has 0 saturated heterocycles. The second-order valence-electron chi connectivity index (χ2n) is 4.05. The maximum absolute atomic E-state index is 10.9. The summed E-state index contributed by atoms with van der Waals surface area (Å²) in [6, 6.07) is 5.73. The summed E-state index contributed by atoms with van der Waals surface area (Å²) in [6.45, 7) is 0.762. The molecular weight excluding hydrogens is 284 g/mol. The number of nitro groups is 1. The van der Waals surface area contributed by atoms with E-state index in [0.29, 0.717) is 11.6 Å². The first kappa shape index (κ1) is 12.3. The van der Waals surface area contributed by atoms with Crippen LogP contribution in [0.2, 0.25) is 0 Å². The van der Waals surface area contributed by atoms with E-state index in [4.69, 9.17) is 0 Å². The van der Waals surface area contributed by atoms with Gasteiger partial charge in [0, 0.05) is 23.1 Å². The maximum atomic E-state index is 10.9. The van der Waals surface area contributed by atoms with Gasteiger partial charge in [0.05, 0.1) is 10.5 Å². The van der Waals surface area contributed by atoms with Gasteiger partial charge in [-0.2, -0.15) is 0 Å². The normalized spacial score (nSPS) is 15.4. The molecule has 0 heterocycles. The minimum atomic E-state index is -0.362. The molecule has 90 valence electrons. The molecule has 0 aromatic heterocycles. The molecule has 0 radical (unpaired) electrons. The van der Waals surface area contributed by atoms with Crippen molar-refractivity contribution in [1.29, 1.82) is 0 Å². The number of benzene rings is 1. The third kappa shape index (κ3) is 3.64. The van der Waals surface area contributed by atoms with Gasteiger partial charge in [-0.1, -0.05) is 28.1 Å². The topological polar surface area (TPSA) is 55.2 Å². The predicted molar refractivity (Wildman–Crippen MR) is 70.9 cm³/mol. The minimum Gasteiger partial charge on any atom is -0.311 e. The van der Waals surface area contributed by atoms with Crippen molar-refractivity contribution >= 4 is 27.7 Å². The van der Waals surface area contributed by atoms with Gasteiger partial charge in [0.25, 0.3) is 5.69 Å². The van der Waals surface area contributed by atoms with E-state index in [1.807, 2.05) is 6.08 Å². The zero-order chi connectivity index (χ0) is 12.3. The van der Waals surface area contributed by atoms with E-state index in [1.54, 1.807) is 18.2 Å². The van der Waals surface area contributed by atoms with Gasteiger partial charge in [-0.05, 0) is 25.0 Å². The molecule has 0 aliphatic heterocycles. The summed E-state index contributed by atoms with van der Waals surface area (Å²) in [7, 11) is 0. The van der Waals surface area contributed by atoms with Crippen LogP contribution < -0.4 is 5.32 Å². The molecule has 1 aliphatic rings. The van der Waals surface area contributed by atoms with E-state index in [9.17, 15) is 10.1 Å². The summed E-state index contributed by atoms with van der Waals surface area (Å²) in [5, 5.41) is 14.2. The fourth-order valence-corrected chi connectivity index (χ4v) is 1.87. The Hall–Kier alpha value is -1.20. The molecule has 17 heavy (non-hydrogen) atoms. The van der Waals surface area contributed by atoms with Crippen LogP contribution in [0, 0.1) is 10.1 Å². The van der Waals surface area contributed by atoms with Crippen molar-refractivity contribution in [2.75, 3.05) is 6.54 Å². The molecule has 1 aromatic carbocycles. The smallest absolute Gasteiger partial charge is 0.277 e. The Labute approximate surface area is 108 Å². The first-order chi connectivity index (χ1) is 8.16.